The lowest BCUT2D eigenvalue weighted by Crippen LogP contribution is -2.55. The van der Waals surface area contributed by atoms with Crippen LogP contribution in [0.25, 0.3) is 0 Å². The molecule has 2 heterocycles. The Labute approximate surface area is 119 Å². The molecule has 1 aromatic heterocycles. The molecule has 1 aliphatic heterocycles. The zero-order valence-corrected chi connectivity index (χ0v) is 12.1. The standard InChI is InChI=1S/C9H13ClN6O2S/c1-13-5-14(2)9(12-16(17)18)15(6-13)4-7-3-11-8(10)19-7/h3H,4-6H2,1-2H3/b12-9+. The lowest BCUT2D eigenvalue weighted by atomic mass is 10.4. The lowest BCUT2D eigenvalue weighted by Gasteiger charge is -2.39. The third-order valence-corrected chi connectivity index (χ3v) is 3.63. The third-order valence-electron chi connectivity index (χ3n) is 2.53. The zero-order chi connectivity index (χ0) is 14.0. The number of guanidine groups is 1. The molecule has 8 nitrogen and oxygen atoms in total. The van der Waals surface area contributed by atoms with Crippen LogP contribution < -0.4 is 0 Å². The number of aromatic nitrogens is 1. The minimum absolute atomic E-state index is 0.340. The Morgan fingerprint density at radius 2 is 2.32 bits per heavy atom. The molecule has 10 heteroatoms. The average Bonchev–Trinajstić information content (AvgIpc) is 2.69. The maximum Gasteiger partial charge on any atom is 0.276 e. The molecule has 104 valence electrons. The maximum atomic E-state index is 10.6. The van der Waals surface area contributed by atoms with Crippen LogP contribution in [0.15, 0.2) is 11.3 Å². The number of thiazole rings is 1. The van der Waals surface area contributed by atoms with Crippen molar-refractivity contribution in [3.8, 4) is 0 Å². The number of rotatable bonds is 3. The van der Waals surface area contributed by atoms with Gasteiger partial charge in [-0.2, -0.15) is 0 Å². The van der Waals surface area contributed by atoms with Crippen molar-refractivity contribution >= 4 is 28.9 Å². The van der Waals surface area contributed by atoms with Crippen molar-refractivity contribution in [3.63, 3.8) is 0 Å². The molecule has 1 fully saturated rings. The number of hydrogen-bond acceptors (Lipinski definition) is 5. The van der Waals surface area contributed by atoms with Gasteiger partial charge in [0.25, 0.3) is 5.96 Å². The Kier molecular flexibility index (Phi) is 4.17. The second kappa shape index (κ2) is 5.68. The van der Waals surface area contributed by atoms with E-state index in [-0.39, 0.29) is 0 Å². The number of nitrogens with zero attached hydrogens (tertiary/aromatic N) is 6. The van der Waals surface area contributed by atoms with E-state index in [0.29, 0.717) is 30.3 Å². The number of hydrogen-bond donors (Lipinski definition) is 0. The van der Waals surface area contributed by atoms with Crippen molar-refractivity contribution in [2.75, 3.05) is 27.4 Å². The van der Waals surface area contributed by atoms with Crippen LogP contribution >= 0.6 is 22.9 Å². The van der Waals surface area contributed by atoms with Crippen molar-refractivity contribution < 1.29 is 5.03 Å². The Morgan fingerprint density at radius 3 is 2.89 bits per heavy atom. The van der Waals surface area contributed by atoms with Gasteiger partial charge in [0.2, 0.25) is 0 Å². The molecule has 0 aromatic carbocycles. The number of hydrazone groups is 1. The van der Waals surface area contributed by atoms with E-state index in [4.69, 9.17) is 11.6 Å². The summed E-state index contributed by atoms with van der Waals surface area (Å²) in [4.78, 5) is 21.1. The minimum Gasteiger partial charge on any atom is -0.328 e. The van der Waals surface area contributed by atoms with Crippen molar-refractivity contribution in [1.82, 2.24) is 19.7 Å². The Bertz CT molecular complexity index is 507. The Morgan fingerprint density at radius 1 is 1.58 bits per heavy atom. The van der Waals surface area contributed by atoms with E-state index >= 15 is 0 Å². The van der Waals surface area contributed by atoms with Gasteiger partial charge in [-0.1, -0.05) is 11.6 Å². The maximum absolute atomic E-state index is 10.6. The van der Waals surface area contributed by atoms with E-state index in [9.17, 15) is 10.1 Å². The van der Waals surface area contributed by atoms with E-state index in [1.54, 1.807) is 18.1 Å². The molecular formula is C9H13ClN6O2S. The molecule has 0 N–H and O–H groups in total. The Hall–Kier alpha value is -1.45. The molecule has 1 aliphatic rings. The monoisotopic (exact) mass is 304 g/mol. The highest BCUT2D eigenvalue weighted by atomic mass is 35.5. The normalized spacial score (nSPS) is 19.2. The van der Waals surface area contributed by atoms with Gasteiger partial charge in [0.05, 0.1) is 19.9 Å². The first-order valence-corrected chi connectivity index (χ1v) is 6.63. The van der Waals surface area contributed by atoms with Crippen LogP contribution in [0, 0.1) is 10.1 Å². The van der Waals surface area contributed by atoms with Crippen LogP contribution in [0.4, 0.5) is 0 Å². The van der Waals surface area contributed by atoms with Gasteiger partial charge in [0.15, 0.2) is 9.50 Å². The van der Waals surface area contributed by atoms with Gasteiger partial charge in [-0.15, -0.1) is 11.3 Å². The number of halogens is 1. The highest BCUT2D eigenvalue weighted by Crippen LogP contribution is 2.21. The molecule has 0 spiro atoms. The second-order valence-electron chi connectivity index (χ2n) is 4.25. The quantitative estimate of drug-likeness (QED) is 0.611. The summed E-state index contributed by atoms with van der Waals surface area (Å²) in [6.07, 6.45) is 1.67. The molecule has 19 heavy (non-hydrogen) atoms. The number of nitro groups is 1. The minimum atomic E-state index is -0.677. The Balaban J connectivity index is 2.20. The SMILES string of the molecule is CN1CN(C)/C(=N\[N+](=O)[O-])N(Cc2cnc(Cl)s2)C1. The van der Waals surface area contributed by atoms with Gasteiger partial charge in [-0.3, -0.25) is 4.90 Å². The fourth-order valence-electron chi connectivity index (χ4n) is 1.94. The largest absolute Gasteiger partial charge is 0.328 e. The molecule has 1 aromatic rings. The van der Waals surface area contributed by atoms with E-state index in [0.717, 1.165) is 4.88 Å². The zero-order valence-electron chi connectivity index (χ0n) is 10.5. The molecule has 1 saturated heterocycles. The molecule has 0 bridgehead atoms. The summed E-state index contributed by atoms with van der Waals surface area (Å²) in [5.41, 5.74) is 0. The average molecular weight is 305 g/mol. The van der Waals surface area contributed by atoms with Crippen LogP contribution in [0.3, 0.4) is 0 Å². The first kappa shape index (κ1) is 14.0. The topological polar surface area (TPSA) is 78.1 Å². The van der Waals surface area contributed by atoms with E-state index < -0.39 is 5.03 Å². The van der Waals surface area contributed by atoms with Crippen LogP contribution in [-0.2, 0) is 6.54 Å². The summed E-state index contributed by atoms with van der Waals surface area (Å²) >= 11 is 7.14. The van der Waals surface area contributed by atoms with Gasteiger partial charge >= 0.3 is 0 Å². The van der Waals surface area contributed by atoms with E-state index in [1.807, 2.05) is 16.8 Å². The summed E-state index contributed by atoms with van der Waals surface area (Å²) in [7, 11) is 3.71. The van der Waals surface area contributed by atoms with Crippen molar-refractivity contribution in [2.45, 2.75) is 6.54 Å². The molecule has 0 radical (unpaired) electrons. The molecule has 0 unspecified atom stereocenters. The van der Waals surface area contributed by atoms with Crippen LogP contribution in [0.2, 0.25) is 4.47 Å². The van der Waals surface area contributed by atoms with Crippen LogP contribution in [0.1, 0.15) is 4.88 Å². The van der Waals surface area contributed by atoms with Gasteiger partial charge < -0.3 is 9.80 Å². The van der Waals surface area contributed by atoms with Gasteiger partial charge in [0, 0.05) is 18.1 Å². The summed E-state index contributed by atoms with van der Waals surface area (Å²) in [6, 6.07) is 0. The molecule has 0 atom stereocenters. The van der Waals surface area contributed by atoms with Crippen molar-refractivity contribution in [1.29, 1.82) is 0 Å². The summed E-state index contributed by atoms with van der Waals surface area (Å²) in [6.45, 7) is 1.64. The highest BCUT2D eigenvalue weighted by Gasteiger charge is 2.27. The van der Waals surface area contributed by atoms with E-state index in [2.05, 4.69) is 10.1 Å². The van der Waals surface area contributed by atoms with E-state index in [1.165, 1.54) is 11.3 Å². The van der Waals surface area contributed by atoms with Gasteiger partial charge in [-0.05, 0) is 7.05 Å². The van der Waals surface area contributed by atoms with Gasteiger partial charge in [0.1, 0.15) is 5.10 Å². The molecule has 0 saturated carbocycles. The second-order valence-corrected chi connectivity index (χ2v) is 5.95. The summed E-state index contributed by atoms with van der Waals surface area (Å²) in [5, 5.41) is 13.4. The lowest BCUT2D eigenvalue weighted by molar-refractivity contribution is -0.486. The fourth-order valence-corrected chi connectivity index (χ4v) is 2.94. The first-order valence-electron chi connectivity index (χ1n) is 5.43. The first-order chi connectivity index (χ1) is 8.95. The molecule has 2 rings (SSSR count). The third kappa shape index (κ3) is 3.52. The summed E-state index contributed by atoms with van der Waals surface area (Å²) < 4.78 is 0.460. The fraction of sp³-hybridized carbons (Fsp3) is 0.556. The highest BCUT2D eigenvalue weighted by molar-refractivity contribution is 7.15. The molecule has 0 amide bonds. The smallest absolute Gasteiger partial charge is 0.276 e. The summed E-state index contributed by atoms with van der Waals surface area (Å²) in [5.74, 6) is 0.340. The van der Waals surface area contributed by atoms with Crippen LogP contribution in [-0.4, -0.2) is 58.1 Å². The van der Waals surface area contributed by atoms with Gasteiger partial charge in [-0.25, -0.2) is 15.1 Å². The molecular weight excluding hydrogens is 292 g/mol. The predicted octanol–water partition coefficient (Wildman–Crippen LogP) is 0.938. The van der Waals surface area contributed by atoms with Crippen molar-refractivity contribution in [3.05, 3.63) is 25.7 Å². The molecule has 0 aliphatic carbocycles. The van der Waals surface area contributed by atoms with Crippen LogP contribution in [0.5, 0.6) is 0 Å². The van der Waals surface area contributed by atoms with Crippen molar-refractivity contribution in [2.24, 2.45) is 5.10 Å². The predicted molar refractivity (Wildman–Crippen MR) is 72.4 cm³/mol.